The zero-order valence-electron chi connectivity index (χ0n) is 19.9. The number of hydrogen-bond donors (Lipinski definition) is 0. The summed E-state index contributed by atoms with van der Waals surface area (Å²) in [4.78, 5) is 28.1. The molecule has 2 aromatic carbocycles. The van der Waals surface area contributed by atoms with Crippen LogP contribution in [0.1, 0.15) is 27.6 Å². The first-order valence-corrected chi connectivity index (χ1v) is 11.1. The number of benzene rings is 2. The second-order valence-electron chi connectivity index (χ2n) is 6.56. The molecule has 9 heteroatoms. The largest absolute Gasteiger partial charge is 1.00 e. The van der Waals surface area contributed by atoms with Crippen LogP contribution in [0.4, 0.5) is 0 Å². The van der Waals surface area contributed by atoms with Crippen LogP contribution in [-0.4, -0.2) is 45.1 Å². The monoisotopic (exact) mass is 479 g/mol. The number of ether oxygens (including phenoxy) is 2. The van der Waals surface area contributed by atoms with Crippen molar-refractivity contribution < 1.29 is 42.8 Å². The normalized spacial score (nSPS) is 9.85. The smallest absolute Gasteiger partial charge is 0.497 e. The Morgan fingerprint density at radius 1 is 0.818 bits per heavy atom. The molecule has 33 heavy (non-hydrogen) atoms. The van der Waals surface area contributed by atoms with E-state index < -0.39 is 0 Å². The van der Waals surface area contributed by atoms with Crippen LogP contribution in [-0.2, 0) is 4.84 Å². The first-order valence-electron chi connectivity index (χ1n) is 9.33. The summed E-state index contributed by atoms with van der Waals surface area (Å²) in [5, 5.41) is 6.88. The molecular formula is C24H26LiNO5S2. The molecule has 2 aromatic heterocycles. The predicted octanol–water partition coefficient (Wildman–Crippen LogP) is 3.11. The summed E-state index contributed by atoms with van der Waals surface area (Å²) in [5.74, 6) is 1.58. The number of amides is 1. The van der Waals surface area contributed by atoms with Gasteiger partial charge in [0, 0.05) is 43.5 Å². The summed E-state index contributed by atoms with van der Waals surface area (Å²) < 4.78 is 12.4. The van der Waals surface area contributed by atoms with Crippen molar-refractivity contribution in [1.82, 2.24) is 5.06 Å². The molecule has 0 saturated carbocycles. The van der Waals surface area contributed by atoms with Crippen LogP contribution < -0.4 is 28.3 Å². The first kappa shape index (κ1) is 28.7. The standard InChI is InChI=1S/C12H13NO3S.C11H10O2S.CH3.Li/c1-13(16-3)12(14)10-7-17-11-6-8(15-2)4-5-9(10)11;1-7(12)10-6-14-11-5-8(13-2)3-4-9(10)11;;/h4-7H,1-3H3;3-6H,1-2H3;1H3;/q;;-1;+1. The van der Waals surface area contributed by atoms with Gasteiger partial charge < -0.3 is 16.9 Å². The second-order valence-corrected chi connectivity index (χ2v) is 8.39. The summed E-state index contributed by atoms with van der Waals surface area (Å²) in [6, 6.07) is 11.4. The molecule has 0 saturated heterocycles. The van der Waals surface area contributed by atoms with E-state index in [2.05, 4.69) is 0 Å². The van der Waals surface area contributed by atoms with Crippen molar-refractivity contribution in [2.75, 3.05) is 28.4 Å². The molecule has 0 aliphatic heterocycles. The molecule has 0 atom stereocenters. The van der Waals surface area contributed by atoms with Crippen LogP contribution in [0.3, 0.4) is 0 Å². The zero-order valence-corrected chi connectivity index (χ0v) is 21.6. The number of rotatable bonds is 5. The van der Waals surface area contributed by atoms with Crippen molar-refractivity contribution in [1.29, 1.82) is 0 Å². The van der Waals surface area contributed by atoms with E-state index in [9.17, 15) is 9.59 Å². The Morgan fingerprint density at radius 3 is 1.70 bits per heavy atom. The minimum absolute atomic E-state index is 0. The second kappa shape index (κ2) is 12.8. The number of ketones is 1. The predicted molar refractivity (Wildman–Crippen MR) is 132 cm³/mol. The molecule has 4 rings (SSSR count). The molecule has 170 valence electrons. The fraction of sp³-hybridized carbons (Fsp3) is 0.208. The SMILES string of the molecule is COc1ccc2c(C(=O)N(C)OC)csc2c1.COc1ccc2c(C(C)=O)csc2c1.[CH3-].[Li+]. The topological polar surface area (TPSA) is 65.1 Å². The van der Waals surface area contributed by atoms with Crippen molar-refractivity contribution >= 4 is 54.5 Å². The fourth-order valence-corrected chi connectivity index (χ4v) is 4.95. The molecule has 0 fully saturated rings. The van der Waals surface area contributed by atoms with Crippen molar-refractivity contribution in [2.24, 2.45) is 0 Å². The van der Waals surface area contributed by atoms with Crippen LogP contribution in [0.15, 0.2) is 47.2 Å². The molecule has 4 aromatic rings. The molecule has 0 bridgehead atoms. The molecule has 0 aliphatic carbocycles. The molecule has 0 aliphatic rings. The minimum Gasteiger partial charge on any atom is -0.497 e. The fourth-order valence-electron chi connectivity index (χ4n) is 2.96. The van der Waals surface area contributed by atoms with Gasteiger partial charge in [-0.05, 0) is 43.3 Å². The molecule has 0 spiro atoms. The van der Waals surface area contributed by atoms with Gasteiger partial charge in [0.25, 0.3) is 5.91 Å². The number of carbonyl (C=O) groups excluding carboxylic acids is 2. The minimum atomic E-state index is -0.149. The Morgan fingerprint density at radius 2 is 1.27 bits per heavy atom. The van der Waals surface area contributed by atoms with Gasteiger partial charge in [-0.1, -0.05) is 0 Å². The van der Waals surface area contributed by atoms with E-state index >= 15 is 0 Å². The van der Waals surface area contributed by atoms with E-state index in [0.29, 0.717) is 5.56 Å². The van der Waals surface area contributed by atoms with Crippen molar-refractivity contribution in [3.63, 3.8) is 0 Å². The summed E-state index contributed by atoms with van der Waals surface area (Å²) in [6.45, 7) is 1.59. The van der Waals surface area contributed by atoms with E-state index in [-0.39, 0.29) is 38.0 Å². The number of nitrogens with zero attached hydrogens (tertiary/aromatic N) is 1. The van der Waals surface area contributed by atoms with E-state index in [1.807, 2.05) is 47.2 Å². The van der Waals surface area contributed by atoms with Crippen LogP contribution in [0, 0.1) is 7.43 Å². The molecule has 6 nitrogen and oxygen atoms in total. The summed E-state index contributed by atoms with van der Waals surface area (Å²) in [5.41, 5.74) is 1.45. The maximum Gasteiger partial charge on any atom is 1.00 e. The first-order chi connectivity index (χ1) is 14.9. The van der Waals surface area contributed by atoms with Crippen LogP contribution in [0.25, 0.3) is 20.2 Å². The molecule has 2 heterocycles. The van der Waals surface area contributed by atoms with Crippen LogP contribution in [0.5, 0.6) is 11.5 Å². The zero-order chi connectivity index (χ0) is 22.5. The average Bonchev–Trinajstić information content (AvgIpc) is 3.41. The quantitative estimate of drug-likeness (QED) is 0.191. The third-order valence-electron chi connectivity index (χ3n) is 4.73. The Balaban J connectivity index is 0.000000316. The Kier molecular flexibility index (Phi) is 11.1. The number of methoxy groups -OCH3 is 2. The van der Waals surface area contributed by atoms with Gasteiger partial charge in [-0.3, -0.25) is 14.4 Å². The summed E-state index contributed by atoms with van der Waals surface area (Å²) in [6.07, 6.45) is 0. The van der Waals surface area contributed by atoms with Gasteiger partial charge in [0.15, 0.2) is 5.78 Å². The number of Topliss-reactive ketones (excluding diaryl/α,β-unsaturated/α-hetero) is 1. The Labute approximate surface area is 214 Å². The van der Waals surface area contributed by atoms with Gasteiger partial charge in [-0.25, -0.2) is 5.06 Å². The number of hydroxylamine groups is 2. The number of fused-ring (bicyclic) bond motifs is 2. The van der Waals surface area contributed by atoms with Crippen molar-refractivity contribution in [3.05, 3.63) is 65.7 Å². The van der Waals surface area contributed by atoms with Crippen molar-refractivity contribution in [2.45, 2.75) is 6.92 Å². The van der Waals surface area contributed by atoms with Crippen LogP contribution in [0.2, 0.25) is 0 Å². The van der Waals surface area contributed by atoms with E-state index in [1.165, 1.54) is 23.5 Å². The van der Waals surface area contributed by atoms with Crippen LogP contribution >= 0.6 is 22.7 Å². The van der Waals surface area contributed by atoms with Crippen molar-refractivity contribution in [3.8, 4) is 11.5 Å². The van der Waals surface area contributed by atoms with Gasteiger partial charge >= 0.3 is 18.9 Å². The number of carbonyl (C=O) groups is 2. The Bertz CT molecular complexity index is 1230. The molecule has 0 N–H and O–H groups in total. The number of hydrogen-bond acceptors (Lipinski definition) is 7. The summed E-state index contributed by atoms with van der Waals surface area (Å²) >= 11 is 3.09. The Hall–Kier alpha value is -2.34. The molecular weight excluding hydrogens is 453 g/mol. The summed E-state index contributed by atoms with van der Waals surface area (Å²) in [7, 11) is 6.32. The van der Waals surface area contributed by atoms with Gasteiger partial charge in [0.1, 0.15) is 11.5 Å². The van der Waals surface area contributed by atoms with E-state index in [0.717, 1.165) is 37.2 Å². The molecule has 0 radical (unpaired) electrons. The molecule has 1 amide bonds. The van der Waals surface area contributed by atoms with Gasteiger partial charge in [-0.15, -0.1) is 22.7 Å². The third kappa shape index (κ3) is 6.37. The average molecular weight is 480 g/mol. The third-order valence-corrected chi connectivity index (χ3v) is 6.63. The maximum absolute atomic E-state index is 12.0. The van der Waals surface area contributed by atoms with Gasteiger partial charge in [0.05, 0.1) is 26.9 Å². The van der Waals surface area contributed by atoms with Gasteiger partial charge in [0.2, 0.25) is 0 Å². The van der Waals surface area contributed by atoms with E-state index in [4.69, 9.17) is 14.3 Å². The maximum atomic E-state index is 12.0. The number of thiophene rings is 2. The van der Waals surface area contributed by atoms with E-state index in [1.54, 1.807) is 39.5 Å². The molecule has 0 unspecified atom stereocenters. The van der Waals surface area contributed by atoms with Gasteiger partial charge in [-0.2, -0.15) is 0 Å².